The fraction of sp³-hybridized carbons (Fsp3) is 0.500. The van der Waals surface area contributed by atoms with E-state index in [1.165, 1.54) is 6.07 Å². The molecule has 1 atom stereocenters. The maximum atomic E-state index is 13.1. The average Bonchev–Trinajstić information content (AvgIpc) is 3.30. The normalized spacial score (nSPS) is 15.2. The second-order valence-corrected chi connectivity index (χ2v) is 5.63. The highest BCUT2D eigenvalue weighted by atomic mass is 19.2. The summed E-state index contributed by atoms with van der Waals surface area (Å²) in [5.74, 6) is -1.79. The summed E-state index contributed by atoms with van der Waals surface area (Å²) >= 11 is 0. The standard InChI is InChI=1S/C16H20F2N2O2/c1-10(12-6-7-13(17)14(18)9-12)20-15(21)3-2-8-19-16(22)11-4-5-11/h6-7,9-11H,2-5,8H2,1H3,(H,19,22)(H,20,21). The quantitative estimate of drug-likeness (QED) is 0.760. The lowest BCUT2D eigenvalue weighted by atomic mass is 10.1. The van der Waals surface area contributed by atoms with Crippen molar-refractivity contribution in [3.05, 3.63) is 35.4 Å². The van der Waals surface area contributed by atoms with Crippen LogP contribution in [0.25, 0.3) is 0 Å². The molecule has 2 N–H and O–H groups in total. The minimum absolute atomic E-state index is 0.0653. The second-order valence-electron chi connectivity index (χ2n) is 5.63. The van der Waals surface area contributed by atoms with Crippen molar-refractivity contribution >= 4 is 11.8 Å². The van der Waals surface area contributed by atoms with Crippen molar-refractivity contribution in [3.63, 3.8) is 0 Å². The first-order valence-electron chi connectivity index (χ1n) is 7.49. The van der Waals surface area contributed by atoms with E-state index in [-0.39, 0.29) is 24.2 Å². The third-order valence-electron chi connectivity index (χ3n) is 3.65. The van der Waals surface area contributed by atoms with Gasteiger partial charge in [0.05, 0.1) is 6.04 Å². The number of hydrogen-bond donors (Lipinski definition) is 2. The molecular weight excluding hydrogens is 290 g/mol. The lowest BCUT2D eigenvalue weighted by Crippen LogP contribution is -2.29. The van der Waals surface area contributed by atoms with E-state index in [1.54, 1.807) is 6.92 Å². The summed E-state index contributed by atoms with van der Waals surface area (Å²) in [6, 6.07) is 3.17. The molecular formula is C16H20F2N2O2. The molecule has 0 radical (unpaired) electrons. The molecule has 0 saturated heterocycles. The number of hydrogen-bond acceptors (Lipinski definition) is 2. The third kappa shape index (κ3) is 4.79. The molecule has 0 aromatic heterocycles. The van der Waals surface area contributed by atoms with Gasteiger partial charge in [-0.2, -0.15) is 0 Å². The third-order valence-corrected chi connectivity index (χ3v) is 3.65. The zero-order valence-electron chi connectivity index (χ0n) is 12.5. The first kappa shape index (κ1) is 16.4. The summed E-state index contributed by atoms with van der Waals surface area (Å²) in [7, 11) is 0. The number of halogens is 2. The maximum Gasteiger partial charge on any atom is 0.223 e. The lowest BCUT2D eigenvalue weighted by Gasteiger charge is -2.14. The van der Waals surface area contributed by atoms with Crippen LogP contribution in [0.5, 0.6) is 0 Å². The Morgan fingerprint density at radius 1 is 1.27 bits per heavy atom. The van der Waals surface area contributed by atoms with Crippen molar-refractivity contribution in [2.24, 2.45) is 5.92 Å². The van der Waals surface area contributed by atoms with Gasteiger partial charge in [0.15, 0.2) is 11.6 Å². The average molecular weight is 310 g/mol. The predicted molar refractivity (Wildman–Crippen MR) is 77.9 cm³/mol. The van der Waals surface area contributed by atoms with Gasteiger partial charge >= 0.3 is 0 Å². The van der Waals surface area contributed by atoms with Crippen LogP contribution >= 0.6 is 0 Å². The first-order valence-corrected chi connectivity index (χ1v) is 7.49. The predicted octanol–water partition coefficient (Wildman–Crippen LogP) is 2.45. The van der Waals surface area contributed by atoms with Crippen LogP contribution in [0.2, 0.25) is 0 Å². The van der Waals surface area contributed by atoms with Gasteiger partial charge in [-0.15, -0.1) is 0 Å². The van der Waals surface area contributed by atoms with Gasteiger partial charge in [0, 0.05) is 18.9 Å². The molecule has 1 aliphatic rings. The van der Waals surface area contributed by atoms with E-state index in [9.17, 15) is 18.4 Å². The van der Waals surface area contributed by atoms with E-state index < -0.39 is 17.7 Å². The Labute approximate surface area is 128 Å². The van der Waals surface area contributed by atoms with Crippen LogP contribution in [0.4, 0.5) is 8.78 Å². The van der Waals surface area contributed by atoms with Gasteiger partial charge in [0.2, 0.25) is 11.8 Å². The molecule has 22 heavy (non-hydrogen) atoms. The molecule has 4 nitrogen and oxygen atoms in total. The monoisotopic (exact) mass is 310 g/mol. The SMILES string of the molecule is CC(NC(=O)CCCNC(=O)C1CC1)c1ccc(F)c(F)c1. The smallest absolute Gasteiger partial charge is 0.223 e. The summed E-state index contributed by atoms with van der Waals surface area (Å²) in [5, 5.41) is 5.51. The fourth-order valence-electron chi connectivity index (χ4n) is 2.13. The van der Waals surface area contributed by atoms with Crippen LogP contribution in [0.15, 0.2) is 18.2 Å². The number of amides is 2. The number of benzene rings is 1. The van der Waals surface area contributed by atoms with Gasteiger partial charge in [-0.1, -0.05) is 6.07 Å². The zero-order valence-corrected chi connectivity index (χ0v) is 12.5. The van der Waals surface area contributed by atoms with Gasteiger partial charge < -0.3 is 10.6 Å². The largest absolute Gasteiger partial charge is 0.356 e. The second kappa shape index (κ2) is 7.33. The Bertz CT molecular complexity index is 559. The van der Waals surface area contributed by atoms with E-state index >= 15 is 0 Å². The molecule has 2 rings (SSSR count). The van der Waals surface area contributed by atoms with Crippen molar-refractivity contribution in [2.75, 3.05) is 6.54 Å². The topological polar surface area (TPSA) is 58.2 Å². The molecule has 1 aromatic carbocycles. The van der Waals surface area contributed by atoms with Gasteiger partial charge in [0.25, 0.3) is 0 Å². The Hall–Kier alpha value is -1.98. The van der Waals surface area contributed by atoms with Gasteiger partial charge in [0.1, 0.15) is 0 Å². The van der Waals surface area contributed by atoms with E-state index in [4.69, 9.17) is 0 Å². The zero-order chi connectivity index (χ0) is 16.1. The summed E-state index contributed by atoms with van der Waals surface area (Å²) < 4.78 is 26.0. The van der Waals surface area contributed by atoms with E-state index in [0.29, 0.717) is 18.5 Å². The molecule has 0 aliphatic heterocycles. The minimum Gasteiger partial charge on any atom is -0.356 e. The molecule has 120 valence electrons. The van der Waals surface area contributed by atoms with Gasteiger partial charge in [-0.3, -0.25) is 9.59 Å². The van der Waals surface area contributed by atoms with Crippen LogP contribution in [0.1, 0.15) is 44.2 Å². The summed E-state index contributed by atoms with van der Waals surface area (Å²) in [5.41, 5.74) is 0.509. The van der Waals surface area contributed by atoms with E-state index in [0.717, 1.165) is 25.0 Å². The molecule has 1 aromatic rings. The molecule has 0 heterocycles. The Morgan fingerprint density at radius 3 is 2.64 bits per heavy atom. The molecule has 1 fully saturated rings. The van der Waals surface area contributed by atoms with Crippen molar-refractivity contribution in [3.8, 4) is 0 Å². The highest BCUT2D eigenvalue weighted by Crippen LogP contribution is 2.28. The van der Waals surface area contributed by atoms with Crippen molar-refractivity contribution < 1.29 is 18.4 Å². The van der Waals surface area contributed by atoms with Crippen LogP contribution in [-0.2, 0) is 9.59 Å². The minimum atomic E-state index is -0.929. The Balaban J connectivity index is 1.69. The Kier molecular flexibility index (Phi) is 5.46. The number of nitrogens with one attached hydrogen (secondary N) is 2. The lowest BCUT2D eigenvalue weighted by molar-refractivity contribution is -0.123. The van der Waals surface area contributed by atoms with Gasteiger partial charge in [-0.05, 0) is 43.9 Å². The maximum absolute atomic E-state index is 13.1. The van der Waals surface area contributed by atoms with Crippen LogP contribution < -0.4 is 10.6 Å². The number of carbonyl (C=O) groups is 2. The van der Waals surface area contributed by atoms with Crippen LogP contribution in [0.3, 0.4) is 0 Å². The molecule has 0 bridgehead atoms. The molecule has 1 unspecified atom stereocenters. The van der Waals surface area contributed by atoms with Gasteiger partial charge in [-0.25, -0.2) is 8.78 Å². The fourth-order valence-corrected chi connectivity index (χ4v) is 2.13. The van der Waals surface area contributed by atoms with Crippen LogP contribution in [0, 0.1) is 17.6 Å². The highest BCUT2D eigenvalue weighted by molar-refractivity contribution is 5.81. The first-order chi connectivity index (χ1) is 10.5. The van der Waals surface area contributed by atoms with Crippen LogP contribution in [-0.4, -0.2) is 18.4 Å². The molecule has 1 saturated carbocycles. The van der Waals surface area contributed by atoms with E-state index in [1.807, 2.05) is 0 Å². The number of carbonyl (C=O) groups excluding carboxylic acids is 2. The molecule has 1 aliphatic carbocycles. The highest BCUT2D eigenvalue weighted by Gasteiger charge is 2.28. The molecule has 0 spiro atoms. The number of rotatable bonds is 7. The van der Waals surface area contributed by atoms with Crippen molar-refractivity contribution in [2.45, 2.75) is 38.6 Å². The summed E-state index contributed by atoms with van der Waals surface area (Å²) in [4.78, 5) is 23.2. The molecule has 6 heteroatoms. The molecule has 2 amide bonds. The summed E-state index contributed by atoms with van der Waals surface area (Å²) in [6.07, 6.45) is 2.74. The van der Waals surface area contributed by atoms with Crippen molar-refractivity contribution in [1.29, 1.82) is 0 Å². The Morgan fingerprint density at radius 2 is 2.00 bits per heavy atom. The summed E-state index contributed by atoms with van der Waals surface area (Å²) in [6.45, 7) is 2.18. The van der Waals surface area contributed by atoms with Crippen molar-refractivity contribution in [1.82, 2.24) is 10.6 Å². The van der Waals surface area contributed by atoms with E-state index in [2.05, 4.69) is 10.6 Å².